The van der Waals surface area contributed by atoms with Gasteiger partial charge in [0, 0.05) is 47.4 Å². The third kappa shape index (κ3) is 17.9. The maximum absolute atomic E-state index is 12.5. The Morgan fingerprint density at radius 3 is 1.48 bits per heavy atom. The number of carbonyl (C=O) groups is 2. The van der Waals surface area contributed by atoms with E-state index in [9.17, 15) is 14.7 Å². The Hall–Kier alpha value is -4.70. The Morgan fingerprint density at radius 2 is 1.12 bits per heavy atom. The first-order valence-electron chi connectivity index (χ1n) is 20.0. The molecule has 0 unspecified atom stereocenters. The summed E-state index contributed by atoms with van der Waals surface area (Å²) in [4.78, 5) is 41.2. The minimum Gasteiger partial charge on any atom is -0.870 e. The van der Waals surface area contributed by atoms with Gasteiger partial charge in [0.1, 0.15) is 28.7 Å². The number of aryl methyl sites for hydroxylation is 2. The van der Waals surface area contributed by atoms with Crippen molar-refractivity contribution in [2.24, 2.45) is 0 Å². The SMILES string of the molecule is CCCC[C@@H](CC(=O)O)Nc1nc(N)nc(C)c1Cc1ccccc1OC.CCCC[C@@H](CC(=O)OC(C)(C)C)Nc1nc(N)nc(C)c1Cc1ccccc1OC.[Na+].[OH-]. The second-order valence-corrected chi connectivity index (χ2v) is 15.3. The number of rotatable bonds is 20. The molecule has 0 aliphatic rings. The first-order chi connectivity index (χ1) is 27.6. The maximum Gasteiger partial charge on any atom is 1.00 e. The normalized spacial score (nSPS) is 11.7. The van der Waals surface area contributed by atoms with E-state index in [-0.39, 0.29) is 77.8 Å². The summed E-state index contributed by atoms with van der Waals surface area (Å²) in [6.07, 6.45) is 6.96. The minimum absolute atomic E-state index is 0. The van der Waals surface area contributed by atoms with Gasteiger partial charge in [-0.15, -0.1) is 0 Å². The first-order valence-corrected chi connectivity index (χ1v) is 20.0. The number of nitrogens with one attached hydrogen (secondary N) is 2. The average Bonchev–Trinajstić information content (AvgIpc) is 3.15. The van der Waals surface area contributed by atoms with Crippen molar-refractivity contribution in [1.29, 1.82) is 0 Å². The second kappa shape index (κ2) is 26.5. The molecule has 60 heavy (non-hydrogen) atoms. The van der Waals surface area contributed by atoms with Crippen LogP contribution in [0, 0.1) is 13.8 Å². The number of hydrogen-bond acceptors (Lipinski definition) is 14. The van der Waals surface area contributed by atoms with Gasteiger partial charge in [0.2, 0.25) is 11.9 Å². The van der Waals surface area contributed by atoms with E-state index >= 15 is 0 Å². The van der Waals surface area contributed by atoms with Gasteiger partial charge in [-0.3, -0.25) is 9.59 Å². The zero-order valence-corrected chi connectivity index (χ0v) is 39.2. The standard InChI is InChI=1S/C24H36N4O3.C20H28N4O3.Na.H2O/c1-7-8-12-18(15-21(29)31-24(3,4)5)27-22-19(16(2)26-23(25)28-22)14-17-11-9-10-13-20(17)30-6;1-4-5-9-15(12-18(25)26)23-19-16(13(2)22-20(21)24-19)11-14-8-6-7-10-17(14)27-3;;/h9-11,13,18H,7-8,12,14-15H2,1-6H3,(H3,25,26,27,28);6-8,10,15H,4-5,9,11-12H2,1-3H3,(H,25,26)(H3,21,22,23,24);;1H2/q;;+1;/p-1/t18-;15-;;/m00../s1. The van der Waals surface area contributed by atoms with Crippen LogP contribution in [-0.2, 0) is 27.2 Å². The Kier molecular flexibility index (Phi) is 23.5. The van der Waals surface area contributed by atoms with Crippen LogP contribution in [0.25, 0.3) is 0 Å². The number of nitrogens with zero attached hydrogens (tertiary/aromatic N) is 4. The van der Waals surface area contributed by atoms with Crippen LogP contribution in [0.3, 0.4) is 0 Å². The van der Waals surface area contributed by atoms with E-state index in [1.54, 1.807) is 14.2 Å². The number of benzene rings is 2. The number of nitrogen functional groups attached to an aromatic ring is 2. The summed E-state index contributed by atoms with van der Waals surface area (Å²) in [5, 5.41) is 16.0. The summed E-state index contributed by atoms with van der Waals surface area (Å²) >= 11 is 0. The Labute approximate surface area is 377 Å². The van der Waals surface area contributed by atoms with Gasteiger partial charge in [-0.05, 0) is 70.7 Å². The van der Waals surface area contributed by atoms with Gasteiger partial charge in [0.15, 0.2) is 0 Å². The number of hydrogen-bond donors (Lipinski definition) is 5. The quantitative estimate of drug-likeness (QED) is 0.0587. The number of methoxy groups -OCH3 is 2. The molecule has 8 N–H and O–H groups in total. The predicted octanol–water partition coefficient (Wildman–Crippen LogP) is 4.91. The van der Waals surface area contributed by atoms with Crippen molar-refractivity contribution in [2.45, 2.75) is 130 Å². The zero-order chi connectivity index (χ0) is 42.8. The molecular weight excluding hydrogens is 776 g/mol. The molecule has 15 nitrogen and oxygen atoms in total. The summed E-state index contributed by atoms with van der Waals surface area (Å²) in [5.74, 6) is 2.14. The smallest absolute Gasteiger partial charge is 0.870 e. The summed E-state index contributed by atoms with van der Waals surface area (Å²) < 4.78 is 16.5. The number of esters is 1. The number of carboxylic acids is 1. The van der Waals surface area contributed by atoms with Crippen molar-refractivity contribution in [3.05, 3.63) is 82.2 Å². The van der Waals surface area contributed by atoms with E-state index in [2.05, 4.69) is 44.4 Å². The maximum atomic E-state index is 12.5. The van der Waals surface area contributed by atoms with Crippen LogP contribution in [0.1, 0.15) is 120 Å². The average molecular weight is 841 g/mol. The largest absolute Gasteiger partial charge is 1.00 e. The molecule has 0 aliphatic carbocycles. The van der Waals surface area contributed by atoms with Crippen molar-refractivity contribution in [1.82, 2.24) is 19.9 Å². The first kappa shape index (κ1) is 53.3. The molecule has 0 radical (unpaired) electrons. The van der Waals surface area contributed by atoms with Crippen LogP contribution in [-0.4, -0.2) is 74.4 Å². The van der Waals surface area contributed by atoms with Crippen molar-refractivity contribution in [3.8, 4) is 11.5 Å². The number of anilines is 4. The minimum atomic E-state index is -0.839. The number of unbranched alkanes of at least 4 members (excludes halogenated alkanes) is 2. The van der Waals surface area contributed by atoms with E-state index in [0.717, 1.165) is 83.7 Å². The van der Waals surface area contributed by atoms with Gasteiger partial charge < -0.3 is 46.9 Å². The topological polar surface area (TPSA) is 240 Å². The number of ether oxygens (including phenoxy) is 3. The number of carbonyl (C=O) groups excluding carboxylic acids is 1. The molecule has 2 aromatic carbocycles. The molecule has 0 amide bonds. The monoisotopic (exact) mass is 840 g/mol. The van der Waals surface area contributed by atoms with E-state index in [0.29, 0.717) is 24.5 Å². The van der Waals surface area contributed by atoms with Crippen LogP contribution in [0.4, 0.5) is 23.5 Å². The number of carboxylic acid groups (broad SMARTS) is 1. The van der Waals surface area contributed by atoms with Crippen LogP contribution in [0.5, 0.6) is 11.5 Å². The number of aromatic nitrogens is 4. The molecule has 2 aromatic heterocycles. The molecular formula is C44H65N8NaO7. The van der Waals surface area contributed by atoms with Crippen molar-refractivity contribution in [2.75, 3.05) is 36.3 Å². The van der Waals surface area contributed by atoms with Crippen LogP contribution >= 0.6 is 0 Å². The van der Waals surface area contributed by atoms with Gasteiger partial charge >= 0.3 is 41.5 Å². The van der Waals surface area contributed by atoms with Gasteiger partial charge in [-0.25, -0.2) is 9.97 Å². The molecule has 2 atom stereocenters. The van der Waals surface area contributed by atoms with Gasteiger partial charge in [0.25, 0.3) is 0 Å². The Bertz CT molecular complexity index is 1940. The molecule has 0 saturated heterocycles. The Balaban J connectivity index is 0.000000586. The fourth-order valence-corrected chi connectivity index (χ4v) is 6.51. The van der Waals surface area contributed by atoms with Crippen molar-refractivity contribution in [3.63, 3.8) is 0 Å². The summed E-state index contributed by atoms with van der Waals surface area (Å²) in [7, 11) is 3.30. The van der Waals surface area contributed by atoms with Crippen LogP contribution in [0.15, 0.2) is 48.5 Å². The van der Waals surface area contributed by atoms with E-state index in [1.807, 2.05) is 83.1 Å². The number of nitrogens with two attached hydrogens (primary N) is 2. The molecule has 0 spiro atoms. The molecule has 4 rings (SSSR count). The third-order valence-electron chi connectivity index (χ3n) is 9.33. The molecule has 2 heterocycles. The number of aliphatic carboxylic acids is 1. The molecule has 0 bridgehead atoms. The van der Waals surface area contributed by atoms with Gasteiger partial charge in [-0.1, -0.05) is 75.9 Å². The second-order valence-electron chi connectivity index (χ2n) is 15.3. The predicted molar refractivity (Wildman–Crippen MR) is 232 cm³/mol. The molecule has 16 heteroatoms. The molecule has 324 valence electrons. The van der Waals surface area contributed by atoms with E-state index in [1.165, 1.54) is 0 Å². The zero-order valence-electron chi connectivity index (χ0n) is 37.2. The molecule has 4 aromatic rings. The van der Waals surface area contributed by atoms with E-state index in [4.69, 9.17) is 25.7 Å². The van der Waals surface area contributed by atoms with E-state index < -0.39 is 11.6 Å². The summed E-state index contributed by atoms with van der Waals surface area (Å²) in [5.41, 5.74) is 16.7. The van der Waals surface area contributed by atoms with Crippen molar-refractivity contribution >= 4 is 35.5 Å². The van der Waals surface area contributed by atoms with Crippen LogP contribution in [0.2, 0.25) is 0 Å². The summed E-state index contributed by atoms with van der Waals surface area (Å²) in [6.45, 7) is 13.6. The van der Waals surface area contributed by atoms with Crippen LogP contribution < -0.4 is 61.1 Å². The fraction of sp³-hybridized carbons (Fsp3) is 0.500. The third-order valence-corrected chi connectivity index (χ3v) is 9.33. The van der Waals surface area contributed by atoms with Gasteiger partial charge in [-0.2, -0.15) is 9.97 Å². The molecule has 0 fully saturated rings. The Morgan fingerprint density at radius 1 is 0.717 bits per heavy atom. The van der Waals surface area contributed by atoms with Crippen molar-refractivity contribution < 1.29 is 63.9 Å². The summed E-state index contributed by atoms with van der Waals surface area (Å²) in [6, 6.07) is 15.3. The fourth-order valence-electron chi connectivity index (χ4n) is 6.51. The molecule has 0 aliphatic heterocycles. The van der Waals surface area contributed by atoms with Gasteiger partial charge in [0.05, 0.1) is 27.1 Å². The molecule has 0 saturated carbocycles. The number of para-hydroxylation sites is 2.